The molecule has 3 nitrogen and oxygen atoms in total. The van der Waals surface area contributed by atoms with Gasteiger partial charge in [-0.15, -0.1) is 0 Å². The van der Waals surface area contributed by atoms with Gasteiger partial charge in [0.15, 0.2) is 0 Å². The van der Waals surface area contributed by atoms with Gasteiger partial charge in [0, 0.05) is 18.9 Å². The van der Waals surface area contributed by atoms with Crippen molar-refractivity contribution in [2.24, 2.45) is 0 Å². The summed E-state index contributed by atoms with van der Waals surface area (Å²) < 4.78 is 1.75. The van der Waals surface area contributed by atoms with Gasteiger partial charge in [-0.3, -0.25) is 0 Å². The summed E-state index contributed by atoms with van der Waals surface area (Å²) in [7, 11) is 1.90. The summed E-state index contributed by atoms with van der Waals surface area (Å²) in [5.41, 5.74) is 1.12. The molecule has 10 heavy (non-hydrogen) atoms. The lowest BCUT2D eigenvalue weighted by Gasteiger charge is -1.98. The molecule has 0 aliphatic carbocycles. The molecule has 0 saturated carbocycles. The number of nitrogens with one attached hydrogen (secondary N) is 1. The van der Waals surface area contributed by atoms with E-state index in [0.717, 1.165) is 12.2 Å². The van der Waals surface area contributed by atoms with E-state index in [1.54, 1.807) is 17.1 Å². The van der Waals surface area contributed by atoms with E-state index >= 15 is 0 Å². The van der Waals surface area contributed by atoms with Crippen LogP contribution in [0.3, 0.4) is 0 Å². The first-order valence-electron chi connectivity index (χ1n) is 3.18. The zero-order valence-electron chi connectivity index (χ0n) is 6.04. The average molecular weight is 137 g/mol. The zero-order chi connectivity index (χ0) is 7.40. The third-order valence-electron chi connectivity index (χ3n) is 1.28. The topological polar surface area (TPSA) is 29.9 Å². The van der Waals surface area contributed by atoms with E-state index in [4.69, 9.17) is 0 Å². The van der Waals surface area contributed by atoms with Crippen LogP contribution in [0, 0.1) is 0 Å². The second kappa shape index (κ2) is 3.17. The van der Waals surface area contributed by atoms with Crippen molar-refractivity contribution in [1.82, 2.24) is 15.1 Å². The molecule has 1 heterocycles. The molecule has 3 heteroatoms. The highest BCUT2D eigenvalue weighted by molar-refractivity contribution is 5.19. The van der Waals surface area contributed by atoms with Crippen molar-refractivity contribution in [1.29, 1.82) is 0 Å². The summed E-state index contributed by atoms with van der Waals surface area (Å²) in [6.07, 6.45) is 3.45. The fraction of sp³-hybridized carbons (Fsp3) is 0.286. The molecule has 1 aromatic rings. The molecule has 0 unspecified atom stereocenters. The van der Waals surface area contributed by atoms with Gasteiger partial charge >= 0.3 is 0 Å². The van der Waals surface area contributed by atoms with Crippen LogP contribution in [0.5, 0.6) is 0 Å². The normalized spacial score (nSPS) is 9.70. The Hall–Kier alpha value is -1.09. The van der Waals surface area contributed by atoms with Crippen molar-refractivity contribution >= 4 is 6.20 Å². The van der Waals surface area contributed by atoms with Crippen LogP contribution in [0.1, 0.15) is 5.69 Å². The Labute approximate surface area is 60.4 Å². The molecule has 0 amide bonds. The van der Waals surface area contributed by atoms with E-state index in [-0.39, 0.29) is 0 Å². The van der Waals surface area contributed by atoms with Gasteiger partial charge in [-0.2, -0.15) is 5.10 Å². The quantitative estimate of drug-likeness (QED) is 0.664. The summed E-state index contributed by atoms with van der Waals surface area (Å²) >= 11 is 0. The third kappa shape index (κ3) is 1.25. The summed E-state index contributed by atoms with van der Waals surface area (Å²) in [6, 6.07) is 1.96. The van der Waals surface area contributed by atoms with Crippen molar-refractivity contribution < 1.29 is 0 Å². The molecule has 0 aliphatic heterocycles. The maximum atomic E-state index is 4.01. The lowest BCUT2D eigenvalue weighted by Crippen LogP contribution is -2.08. The van der Waals surface area contributed by atoms with Gasteiger partial charge < -0.3 is 5.32 Å². The Morgan fingerprint density at radius 3 is 3.30 bits per heavy atom. The molecule has 0 saturated heterocycles. The van der Waals surface area contributed by atoms with Crippen LogP contribution in [0.2, 0.25) is 0 Å². The highest BCUT2D eigenvalue weighted by Gasteiger charge is 1.94. The van der Waals surface area contributed by atoms with E-state index in [1.807, 2.05) is 13.1 Å². The summed E-state index contributed by atoms with van der Waals surface area (Å²) in [5.74, 6) is 0. The van der Waals surface area contributed by atoms with Crippen molar-refractivity contribution in [3.05, 3.63) is 24.5 Å². The fourth-order valence-corrected chi connectivity index (χ4v) is 0.827. The van der Waals surface area contributed by atoms with Crippen molar-refractivity contribution in [2.75, 3.05) is 7.05 Å². The van der Waals surface area contributed by atoms with Gasteiger partial charge in [-0.1, -0.05) is 6.58 Å². The molecule has 0 aromatic carbocycles. The van der Waals surface area contributed by atoms with Crippen LogP contribution in [0.15, 0.2) is 18.8 Å². The minimum absolute atomic E-state index is 0.825. The fourth-order valence-electron chi connectivity index (χ4n) is 0.827. The van der Waals surface area contributed by atoms with E-state index in [2.05, 4.69) is 17.0 Å². The lowest BCUT2D eigenvalue weighted by atomic mass is 10.4. The minimum atomic E-state index is 0.825. The first-order valence-corrected chi connectivity index (χ1v) is 3.18. The molecule has 0 fully saturated rings. The smallest absolute Gasteiger partial charge is 0.0573 e. The second-order valence-corrected chi connectivity index (χ2v) is 1.98. The van der Waals surface area contributed by atoms with Crippen LogP contribution in [-0.2, 0) is 6.54 Å². The molecule has 1 N–H and O–H groups in total. The standard InChI is InChI=1S/C7H11N3/c1-3-10-7(6-8-2)4-5-9-10/h3-5,8H,1,6H2,2H3. The molecule has 0 spiro atoms. The first kappa shape index (κ1) is 7.02. The van der Waals surface area contributed by atoms with Gasteiger partial charge in [0.2, 0.25) is 0 Å². The maximum absolute atomic E-state index is 4.01. The Kier molecular flexibility index (Phi) is 2.23. The predicted octanol–water partition coefficient (Wildman–Crippen LogP) is 0.703. The predicted molar refractivity (Wildman–Crippen MR) is 41.4 cm³/mol. The monoisotopic (exact) mass is 137 g/mol. The maximum Gasteiger partial charge on any atom is 0.0573 e. The highest BCUT2D eigenvalue weighted by Crippen LogP contribution is 1.96. The molecule has 0 radical (unpaired) electrons. The number of hydrogen-bond acceptors (Lipinski definition) is 2. The molecular weight excluding hydrogens is 126 g/mol. The average Bonchev–Trinajstić information content (AvgIpc) is 2.36. The second-order valence-electron chi connectivity index (χ2n) is 1.98. The van der Waals surface area contributed by atoms with Crippen molar-refractivity contribution in [3.63, 3.8) is 0 Å². The van der Waals surface area contributed by atoms with E-state index < -0.39 is 0 Å². The number of hydrogen-bond donors (Lipinski definition) is 1. The molecular formula is C7H11N3. The summed E-state index contributed by atoms with van der Waals surface area (Å²) in [6.45, 7) is 4.44. The SMILES string of the molecule is C=Cn1nccc1CNC. The van der Waals surface area contributed by atoms with Crippen LogP contribution >= 0.6 is 0 Å². The highest BCUT2D eigenvalue weighted by atomic mass is 15.3. The lowest BCUT2D eigenvalue weighted by molar-refractivity contribution is 0.748. The van der Waals surface area contributed by atoms with Crippen LogP contribution < -0.4 is 5.32 Å². The molecule has 0 atom stereocenters. The number of rotatable bonds is 3. The van der Waals surface area contributed by atoms with Crippen LogP contribution in [-0.4, -0.2) is 16.8 Å². The van der Waals surface area contributed by atoms with Crippen LogP contribution in [0.4, 0.5) is 0 Å². The van der Waals surface area contributed by atoms with Crippen molar-refractivity contribution in [3.8, 4) is 0 Å². The van der Waals surface area contributed by atoms with E-state index in [9.17, 15) is 0 Å². The van der Waals surface area contributed by atoms with Gasteiger partial charge in [-0.25, -0.2) is 4.68 Å². The largest absolute Gasteiger partial charge is 0.314 e. The molecule has 0 bridgehead atoms. The van der Waals surface area contributed by atoms with Gasteiger partial charge in [-0.05, 0) is 13.1 Å². The molecule has 1 aromatic heterocycles. The Morgan fingerprint density at radius 2 is 2.70 bits per heavy atom. The Morgan fingerprint density at radius 1 is 1.90 bits per heavy atom. The Balaban J connectivity index is 2.79. The number of aromatic nitrogens is 2. The third-order valence-corrected chi connectivity index (χ3v) is 1.28. The van der Waals surface area contributed by atoms with Gasteiger partial charge in [0.05, 0.1) is 5.69 Å². The molecule has 54 valence electrons. The Bertz CT molecular complexity index is 214. The zero-order valence-corrected chi connectivity index (χ0v) is 6.04. The van der Waals surface area contributed by atoms with Crippen molar-refractivity contribution in [2.45, 2.75) is 6.54 Å². The molecule has 0 aliphatic rings. The van der Waals surface area contributed by atoms with E-state index in [0.29, 0.717) is 0 Å². The minimum Gasteiger partial charge on any atom is -0.314 e. The van der Waals surface area contributed by atoms with Crippen LogP contribution in [0.25, 0.3) is 6.20 Å². The molecule has 1 rings (SSSR count). The summed E-state index contributed by atoms with van der Waals surface area (Å²) in [4.78, 5) is 0. The first-order chi connectivity index (χ1) is 4.88. The summed E-state index contributed by atoms with van der Waals surface area (Å²) in [5, 5.41) is 7.05. The number of nitrogens with zero attached hydrogens (tertiary/aromatic N) is 2. The van der Waals surface area contributed by atoms with Gasteiger partial charge in [0.1, 0.15) is 0 Å². The van der Waals surface area contributed by atoms with Gasteiger partial charge in [0.25, 0.3) is 0 Å². The van der Waals surface area contributed by atoms with E-state index in [1.165, 1.54) is 0 Å².